The van der Waals surface area contributed by atoms with E-state index in [0.29, 0.717) is 18.8 Å². The van der Waals surface area contributed by atoms with Crippen molar-refractivity contribution < 1.29 is 14.0 Å². The van der Waals surface area contributed by atoms with Crippen LogP contribution in [0.4, 0.5) is 15.8 Å². The van der Waals surface area contributed by atoms with Gasteiger partial charge in [0.2, 0.25) is 5.91 Å². The molecule has 1 aromatic heterocycles. The second-order valence-electron chi connectivity index (χ2n) is 5.53. The molecule has 120 valence electrons. The first kappa shape index (κ1) is 15.2. The molecule has 1 aromatic carbocycles. The van der Waals surface area contributed by atoms with Crippen molar-refractivity contribution in [2.45, 2.75) is 6.92 Å². The monoisotopic (exact) mass is 316 g/mol. The molecule has 0 saturated carbocycles. The van der Waals surface area contributed by atoms with E-state index in [1.54, 1.807) is 46.1 Å². The number of aryl methyl sites for hydroxylation is 1. The summed E-state index contributed by atoms with van der Waals surface area (Å²) in [5.41, 5.74) is 1.25. The summed E-state index contributed by atoms with van der Waals surface area (Å²) < 4.78 is 15.6. The van der Waals surface area contributed by atoms with E-state index in [4.69, 9.17) is 0 Å². The van der Waals surface area contributed by atoms with Crippen molar-refractivity contribution in [3.8, 4) is 0 Å². The van der Waals surface area contributed by atoms with E-state index >= 15 is 0 Å². The Morgan fingerprint density at radius 3 is 2.70 bits per heavy atom. The van der Waals surface area contributed by atoms with E-state index in [1.807, 2.05) is 0 Å². The van der Waals surface area contributed by atoms with Gasteiger partial charge in [-0.3, -0.25) is 14.3 Å². The van der Waals surface area contributed by atoms with Gasteiger partial charge in [-0.25, -0.2) is 4.39 Å². The average Bonchev–Trinajstić information content (AvgIpc) is 2.92. The van der Waals surface area contributed by atoms with Gasteiger partial charge in [0.05, 0.1) is 29.7 Å². The summed E-state index contributed by atoms with van der Waals surface area (Å²) in [6.07, 6.45) is 3.41. The molecule has 0 radical (unpaired) electrons. The normalized spacial score (nSPS) is 15.2. The molecule has 0 N–H and O–H groups in total. The smallest absolute Gasteiger partial charge is 0.246 e. The summed E-state index contributed by atoms with van der Waals surface area (Å²) in [7, 11) is 1.79. The minimum atomic E-state index is -0.558. The Morgan fingerprint density at radius 2 is 2.09 bits per heavy atom. The highest BCUT2D eigenvalue weighted by Crippen LogP contribution is 2.26. The Bertz CT molecular complexity index is 771. The molecular formula is C16H17FN4O2. The van der Waals surface area contributed by atoms with Crippen molar-refractivity contribution in [2.24, 2.45) is 7.05 Å². The van der Waals surface area contributed by atoms with Gasteiger partial charge in [0.1, 0.15) is 5.82 Å². The van der Waals surface area contributed by atoms with Crippen molar-refractivity contribution >= 4 is 23.1 Å². The number of anilines is 2. The van der Waals surface area contributed by atoms with Gasteiger partial charge >= 0.3 is 0 Å². The maximum absolute atomic E-state index is 13.9. The second kappa shape index (κ2) is 5.83. The zero-order valence-electron chi connectivity index (χ0n) is 13.0. The number of hydrogen-bond acceptors (Lipinski definition) is 4. The zero-order valence-corrected chi connectivity index (χ0v) is 13.0. The molecule has 0 unspecified atom stereocenters. The van der Waals surface area contributed by atoms with Crippen molar-refractivity contribution in [1.29, 1.82) is 0 Å². The molecule has 1 saturated heterocycles. The Hall–Kier alpha value is -2.70. The fraction of sp³-hybridized carbons (Fsp3) is 0.312. The van der Waals surface area contributed by atoms with Crippen LogP contribution in [0.15, 0.2) is 30.6 Å². The predicted molar refractivity (Wildman–Crippen MR) is 84.2 cm³/mol. The lowest BCUT2D eigenvalue weighted by Gasteiger charge is -2.35. The molecule has 3 rings (SSSR count). The van der Waals surface area contributed by atoms with Gasteiger partial charge in [0, 0.05) is 26.3 Å². The van der Waals surface area contributed by atoms with Crippen LogP contribution in [0.3, 0.4) is 0 Å². The van der Waals surface area contributed by atoms with E-state index in [0.717, 1.165) is 5.69 Å². The maximum atomic E-state index is 13.9. The summed E-state index contributed by atoms with van der Waals surface area (Å²) in [6, 6.07) is 4.48. The van der Waals surface area contributed by atoms with Gasteiger partial charge in [-0.05, 0) is 19.1 Å². The summed E-state index contributed by atoms with van der Waals surface area (Å²) in [5, 5.41) is 4.07. The SMILES string of the molecule is CC(=O)c1c(F)cccc1N1CCN(c2cnn(C)c2)C(=O)C1. The van der Waals surface area contributed by atoms with Crippen LogP contribution in [0.2, 0.25) is 0 Å². The lowest BCUT2D eigenvalue weighted by atomic mass is 10.1. The van der Waals surface area contributed by atoms with E-state index < -0.39 is 5.82 Å². The quantitative estimate of drug-likeness (QED) is 0.807. The predicted octanol–water partition coefficient (Wildman–Crippen LogP) is 1.61. The molecule has 0 spiro atoms. The molecule has 1 amide bonds. The molecule has 0 aliphatic carbocycles. The standard InChI is InChI=1S/C16H17FN4O2/c1-11(22)16-13(17)4-3-5-14(16)20-6-7-21(15(23)10-20)12-8-18-19(2)9-12/h3-5,8-9H,6-7,10H2,1-2H3. The first-order chi connectivity index (χ1) is 11.0. The Labute approximate surface area is 133 Å². The zero-order chi connectivity index (χ0) is 16.6. The van der Waals surface area contributed by atoms with Crippen LogP contribution in [-0.4, -0.2) is 41.1 Å². The first-order valence-corrected chi connectivity index (χ1v) is 7.31. The third-order valence-electron chi connectivity index (χ3n) is 3.91. The largest absolute Gasteiger partial charge is 0.360 e. The van der Waals surface area contributed by atoms with Gasteiger partial charge in [0.15, 0.2) is 5.78 Å². The van der Waals surface area contributed by atoms with E-state index in [9.17, 15) is 14.0 Å². The maximum Gasteiger partial charge on any atom is 0.246 e. The van der Waals surface area contributed by atoms with Gasteiger partial charge in [-0.1, -0.05) is 6.07 Å². The number of piperazine rings is 1. The fourth-order valence-electron chi connectivity index (χ4n) is 2.82. The number of aromatic nitrogens is 2. The molecule has 0 atom stereocenters. The molecule has 6 nitrogen and oxygen atoms in total. The minimum absolute atomic E-state index is 0.0372. The number of benzene rings is 1. The van der Waals surface area contributed by atoms with Gasteiger partial charge in [0.25, 0.3) is 0 Å². The number of nitrogens with zero attached hydrogens (tertiary/aromatic N) is 4. The van der Waals surface area contributed by atoms with E-state index in [-0.39, 0.29) is 23.8 Å². The summed E-state index contributed by atoms with van der Waals surface area (Å²) >= 11 is 0. The van der Waals surface area contributed by atoms with Gasteiger partial charge < -0.3 is 9.80 Å². The summed E-state index contributed by atoms with van der Waals surface area (Å²) in [4.78, 5) is 27.5. The van der Waals surface area contributed by atoms with Crippen molar-refractivity contribution in [3.63, 3.8) is 0 Å². The van der Waals surface area contributed by atoms with Gasteiger partial charge in [-0.2, -0.15) is 5.10 Å². The van der Waals surface area contributed by atoms with Crippen LogP contribution in [0.1, 0.15) is 17.3 Å². The number of Topliss-reactive ketones (excluding diaryl/α,β-unsaturated/α-hetero) is 1. The molecular weight excluding hydrogens is 299 g/mol. The third kappa shape index (κ3) is 2.81. The molecule has 0 bridgehead atoms. The Balaban J connectivity index is 1.85. The first-order valence-electron chi connectivity index (χ1n) is 7.31. The average molecular weight is 316 g/mol. The number of carbonyl (C=O) groups is 2. The number of carbonyl (C=O) groups excluding carboxylic acids is 2. The number of rotatable bonds is 3. The minimum Gasteiger partial charge on any atom is -0.360 e. The summed E-state index contributed by atoms with van der Waals surface area (Å²) in [5.74, 6) is -1.01. The molecule has 2 heterocycles. The van der Waals surface area contributed by atoms with Crippen LogP contribution in [0.25, 0.3) is 0 Å². The highest BCUT2D eigenvalue weighted by molar-refractivity contribution is 6.02. The molecule has 2 aromatic rings. The van der Waals surface area contributed by atoms with E-state index in [2.05, 4.69) is 5.10 Å². The van der Waals surface area contributed by atoms with E-state index in [1.165, 1.54) is 13.0 Å². The number of ketones is 1. The highest BCUT2D eigenvalue weighted by Gasteiger charge is 2.28. The van der Waals surface area contributed by atoms with Crippen LogP contribution in [0, 0.1) is 5.82 Å². The van der Waals surface area contributed by atoms with Crippen LogP contribution in [0.5, 0.6) is 0 Å². The Kier molecular flexibility index (Phi) is 3.85. The number of halogens is 1. The number of amides is 1. The lowest BCUT2D eigenvalue weighted by molar-refractivity contribution is -0.117. The van der Waals surface area contributed by atoms with Crippen LogP contribution in [-0.2, 0) is 11.8 Å². The molecule has 23 heavy (non-hydrogen) atoms. The second-order valence-corrected chi connectivity index (χ2v) is 5.53. The highest BCUT2D eigenvalue weighted by atomic mass is 19.1. The van der Waals surface area contributed by atoms with Gasteiger partial charge in [-0.15, -0.1) is 0 Å². The Morgan fingerprint density at radius 1 is 1.30 bits per heavy atom. The topological polar surface area (TPSA) is 58.4 Å². The third-order valence-corrected chi connectivity index (χ3v) is 3.91. The molecule has 1 aliphatic rings. The van der Waals surface area contributed by atoms with Crippen molar-refractivity contribution in [2.75, 3.05) is 29.4 Å². The number of hydrogen-bond donors (Lipinski definition) is 0. The van der Waals surface area contributed by atoms with Crippen LogP contribution >= 0.6 is 0 Å². The fourth-order valence-corrected chi connectivity index (χ4v) is 2.82. The van der Waals surface area contributed by atoms with Crippen molar-refractivity contribution in [3.05, 3.63) is 42.0 Å². The summed E-state index contributed by atoms with van der Waals surface area (Å²) in [6.45, 7) is 2.40. The molecule has 7 heteroatoms. The van der Waals surface area contributed by atoms with Crippen molar-refractivity contribution in [1.82, 2.24) is 9.78 Å². The molecule has 1 aliphatic heterocycles. The lowest BCUT2D eigenvalue weighted by Crippen LogP contribution is -2.51. The molecule has 1 fully saturated rings. The van der Waals surface area contributed by atoms with Crippen LogP contribution < -0.4 is 9.80 Å².